The number of methoxy groups -OCH3 is 1. The fourth-order valence-corrected chi connectivity index (χ4v) is 3.84. The maximum atomic E-state index is 12.5. The first-order valence-electron chi connectivity index (χ1n) is 9.04. The molecule has 0 aliphatic carbocycles. The second kappa shape index (κ2) is 8.93. The summed E-state index contributed by atoms with van der Waals surface area (Å²) in [5.41, 5.74) is 3.10. The van der Waals surface area contributed by atoms with Gasteiger partial charge in [-0.05, 0) is 38.5 Å². The number of aromatic nitrogens is 3. The molecule has 2 aromatic carbocycles. The Bertz CT molecular complexity index is 971. The van der Waals surface area contributed by atoms with Crippen molar-refractivity contribution in [1.82, 2.24) is 20.1 Å². The smallest absolute Gasteiger partial charge is 0.230 e. The fourth-order valence-electron chi connectivity index (χ4n) is 3.04. The van der Waals surface area contributed by atoms with Crippen molar-refractivity contribution < 1.29 is 9.53 Å². The number of nitrogens with one attached hydrogen (secondary N) is 1. The molecule has 0 saturated heterocycles. The number of nitrogens with zero attached hydrogens (tertiary/aromatic N) is 3. The Morgan fingerprint density at radius 1 is 1.14 bits per heavy atom. The van der Waals surface area contributed by atoms with Crippen molar-refractivity contribution in [3.05, 3.63) is 65.5 Å². The Balaban J connectivity index is 1.68. The molecule has 0 fully saturated rings. The number of carbonyl (C=O) groups is 1. The lowest BCUT2D eigenvalue weighted by atomic mass is 10.1. The van der Waals surface area contributed by atoms with Gasteiger partial charge in [0, 0.05) is 5.56 Å². The average Bonchev–Trinajstić information content (AvgIpc) is 3.07. The lowest BCUT2D eigenvalue weighted by Gasteiger charge is -2.17. The molecule has 28 heavy (non-hydrogen) atoms. The first-order chi connectivity index (χ1) is 13.5. The Morgan fingerprint density at radius 2 is 1.86 bits per heavy atom. The zero-order chi connectivity index (χ0) is 20.1. The molecule has 6 nitrogen and oxygen atoms in total. The van der Waals surface area contributed by atoms with Crippen molar-refractivity contribution in [3.8, 4) is 11.4 Å². The van der Waals surface area contributed by atoms with E-state index in [1.165, 1.54) is 11.8 Å². The molecular weight excluding hydrogens is 372 g/mol. The summed E-state index contributed by atoms with van der Waals surface area (Å²) in [5, 5.41) is 12.2. The highest BCUT2D eigenvalue weighted by Crippen LogP contribution is 2.26. The van der Waals surface area contributed by atoms with E-state index >= 15 is 0 Å². The lowest BCUT2D eigenvalue weighted by Crippen LogP contribution is -2.28. The summed E-state index contributed by atoms with van der Waals surface area (Å²) in [7, 11) is 1.63. The summed E-state index contributed by atoms with van der Waals surface area (Å²) in [6.45, 7) is 5.90. The van der Waals surface area contributed by atoms with E-state index in [0.717, 1.165) is 28.4 Å². The first kappa shape index (κ1) is 19.9. The van der Waals surface area contributed by atoms with Crippen LogP contribution in [0.3, 0.4) is 0 Å². The topological polar surface area (TPSA) is 69.0 Å². The second-order valence-corrected chi connectivity index (χ2v) is 7.41. The van der Waals surface area contributed by atoms with Crippen LogP contribution in [0.5, 0.6) is 5.75 Å². The van der Waals surface area contributed by atoms with Gasteiger partial charge in [0.05, 0.1) is 24.6 Å². The van der Waals surface area contributed by atoms with Crippen molar-refractivity contribution in [3.63, 3.8) is 0 Å². The Morgan fingerprint density at radius 3 is 2.61 bits per heavy atom. The van der Waals surface area contributed by atoms with Gasteiger partial charge >= 0.3 is 0 Å². The summed E-state index contributed by atoms with van der Waals surface area (Å²) in [5.74, 6) is 1.74. The fraction of sp³-hybridized carbons (Fsp3) is 0.286. The van der Waals surface area contributed by atoms with E-state index in [1.54, 1.807) is 7.11 Å². The van der Waals surface area contributed by atoms with E-state index in [9.17, 15) is 4.79 Å². The number of rotatable bonds is 7. The molecule has 3 aromatic rings. The molecule has 1 atom stereocenters. The molecule has 7 heteroatoms. The van der Waals surface area contributed by atoms with Gasteiger partial charge in [0.2, 0.25) is 5.91 Å². The van der Waals surface area contributed by atoms with E-state index < -0.39 is 0 Å². The van der Waals surface area contributed by atoms with E-state index in [1.807, 2.05) is 73.9 Å². The van der Waals surface area contributed by atoms with E-state index in [2.05, 4.69) is 15.5 Å². The van der Waals surface area contributed by atoms with Crippen LogP contribution in [0.25, 0.3) is 5.69 Å². The maximum Gasteiger partial charge on any atom is 0.230 e. The Kier molecular flexibility index (Phi) is 6.36. The molecule has 0 spiro atoms. The van der Waals surface area contributed by atoms with E-state index in [4.69, 9.17) is 4.74 Å². The Hall–Kier alpha value is -2.80. The maximum absolute atomic E-state index is 12.5. The van der Waals surface area contributed by atoms with Crippen molar-refractivity contribution >= 4 is 17.7 Å². The van der Waals surface area contributed by atoms with Crippen LogP contribution in [0.4, 0.5) is 0 Å². The highest BCUT2D eigenvalue weighted by atomic mass is 32.2. The van der Waals surface area contributed by atoms with Crippen molar-refractivity contribution in [2.75, 3.05) is 12.9 Å². The van der Waals surface area contributed by atoms with Crippen LogP contribution >= 0.6 is 11.8 Å². The molecule has 0 aliphatic rings. The molecule has 146 valence electrons. The monoisotopic (exact) mass is 396 g/mol. The van der Waals surface area contributed by atoms with Crippen LogP contribution in [-0.2, 0) is 4.79 Å². The minimum absolute atomic E-state index is 0.0691. The summed E-state index contributed by atoms with van der Waals surface area (Å²) in [4.78, 5) is 12.5. The Labute approximate surface area is 169 Å². The molecule has 1 aromatic heterocycles. The van der Waals surface area contributed by atoms with Gasteiger partial charge in [-0.15, -0.1) is 10.2 Å². The zero-order valence-electron chi connectivity index (χ0n) is 16.5. The molecule has 1 amide bonds. The zero-order valence-corrected chi connectivity index (χ0v) is 17.3. The van der Waals surface area contributed by atoms with Crippen LogP contribution in [0.2, 0.25) is 0 Å². The van der Waals surface area contributed by atoms with Gasteiger partial charge in [0.15, 0.2) is 5.16 Å². The number of hydrogen-bond donors (Lipinski definition) is 1. The van der Waals surface area contributed by atoms with Crippen molar-refractivity contribution in [2.45, 2.75) is 32.0 Å². The molecular formula is C21H24N4O2S. The number of hydrogen-bond acceptors (Lipinski definition) is 5. The van der Waals surface area contributed by atoms with E-state index in [0.29, 0.717) is 5.16 Å². The van der Waals surface area contributed by atoms with Crippen LogP contribution in [0, 0.1) is 13.8 Å². The molecule has 1 unspecified atom stereocenters. The number of thioether (sulfide) groups is 1. The molecule has 0 bridgehead atoms. The van der Waals surface area contributed by atoms with Gasteiger partial charge in [-0.25, -0.2) is 0 Å². The van der Waals surface area contributed by atoms with E-state index in [-0.39, 0.29) is 17.7 Å². The number of amides is 1. The van der Waals surface area contributed by atoms with Gasteiger partial charge in [0.25, 0.3) is 0 Å². The third-order valence-corrected chi connectivity index (χ3v) is 5.40. The summed E-state index contributed by atoms with van der Waals surface area (Å²) in [6.07, 6.45) is 0. The van der Waals surface area contributed by atoms with Gasteiger partial charge in [-0.3, -0.25) is 9.36 Å². The molecule has 0 radical (unpaired) electrons. The number of aryl methyl sites for hydroxylation is 2. The molecule has 0 aliphatic heterocycles. The minimum Gasteiger partial charge on any atom is -0.496 e. The largest absolute Gasteiger partial charge is 0.496 e. The molecule has 1 N–H and O–H groups in total. The average molecular weight is 397 g/mol. The van der Waals surface area contributed by atoms with Gasteiger partial charge in [-0.2, -0.15) is 0 Å². The standard InChI is InChI=1S/C21H24N4O2S/c1-14-9-5-7-11-18(14)25-16(3)23-24-21(25)28-13-20(26)22-15(2)17-10-6-8-12-19(17)27-4/h5-12,15H,13H2,1-4H3,(H,22,26). The highest BCUT2D eigenvalue weighted by molar-refractivity contribution is 7.99. The highest BCUT2D eigenvalue weighted by Gasteiger charge is 2.17. The SMILES string of the molecule is COc1ccccc1C(C)NC(=O)CSc1nnc(C)n1-c1ccccc1C. The third kappa shape index (κ3) is 4.36. The van der Waals surface area contributed by atoms with Crippen molar-refractivity contribution in [1.29, 1.82) is 0 Å². The minimum atomic E-state index is -0.153. The van der Waals surface area contributed by atoms with Crippen LogP contribution in [-0.4, -0.2) is 33.5 Å². The second-order valence-electron chi connectivity index (χ2n) is 6.47. The lowest BCUT2D eigenvalue weighted by molar-refractivity contribution is -0.119. The predicted molar refractivity (Wildman–Crippen MR) is 111 cm³/mol. The third-order valence-electron chi connectivity index (χ3n) is 4.47. The summed E-state index contributed by atoms with van der Waals surface area (Å²) in [6, 6.07) is 15.6. The molecule has 0 saturated carbocycles. The van der Waals surface area contributed by atoms with Crippen LogP contribution < -0.4 is 10.1 Å². The summed E-state index contributed by atoms with van der Waals surface area (Å²) < 4.78 is 7.36. The number of carbonyl (C=O) groups excluding carboxylic acids is 1. The van der Waals surface area contributed by atoms with Crippen LogP contribution in [0.1, 0.15) is 29.9 Å². The van der Waals surface area contributed by atoms with Crippen LogP contribution in [0.15, 0.2) is 53.7 Å². The quantitative estimate of drug-likeness (QED) is 0.614. The summed E-state index contributed by atoms with van der Waals surface area (Å²) >= 11 is 1.37. The van der Waals surface area contributed by atoms with Crippen molar-refractivity contribution in [2.24, 2.45) is 0 Å². The van der Waals surface area contributed by atoms with Gasteiger partial charge in [0.1, 0.15) is 11.6 Å². The predicted octanol–water partition coefficient (Wildman–Crippen LogP) is 3.86. The van der Waals surface area contributed by atoms with Gasteiger partial charge in [-0.1, -0.05) is 48.2 Å². The molecule has 1 heterocycles. The van der Waals surface area contributed by atoms with Gasteiger partial charge < -0.3 is 10.1 Å². The number of benzene rings is 2. The first-order valence-corrected chi connectivity index (χ1v) is 10.0. The molecule has 3 rings (SSSR count). The number of para-hydroxylation sites is 2. The normalized spacial score (nSPS) is 11.9. The number of ether oxygens (including phenoxy) is 1.